The van der Waals surface area contributed by atoms with Gasteiger partial charge in [0.25, 0.3) is 0 Å². The summed E-state index contributed by atoms with van der Waals surface area (Å²) < 4.78 is 25.9. The molecule has 2 fully saturated rings. The fourth-order valence-corrected chi connectivity index (χ4v) is 2.32. The Hall–Kier alpha value is -2.00. The van der Waals surface area contributed by atoms with Crippen molar-refractivity contribution in [3.05, 3.63) is 34.9 Å². The lowest BCUT2D eigenvalue weighted by atomic mass is 10.0. The van der Waals surface area contributed by atoms with Crippen LogP contribution in [0.25, 0.3) is 0 Å². The van der Waals surface area contributed by atoms with Gasteiger partial charge in [0.05, 0.1) is 50.8 Å². The van der Waals surface area contributed by atoms with Gasteiger partial charge >= 0.3 is 11.9 Å². The molecule has 0 bridgehead atoms. The Morgan fingerprint density at radius 3 is 2.27 bits per heavy atom. The fraction of sp³-hybridized carbons (Fsp3) is 0.556. The van der Waals surface area contributed by atoms with E-state index in [1.807, 2.05) is 0 Å². The summed E-state index contributed by atoms with van der Waals surface area (Å²) >= 11 is 0. The monoisotopic (exact) mass is 366 g/mol. The Kier molecular flexibility index (Phi) is 6.56. The van der Waals surface area contributed by atoms with Gasteiger partial charge in [-0.2, -0.15) is 0 Å². The Balaban J connectivity index is 1.47. The van der Waals surface area contributed by atoms with Crippen molar-refractivity contribution in [2.75, 3.05) is 46.2 Å². The third-order valence-electron chi connectivity index (χ3n) is 3.94. The number of carbonyl (C=O) groups is 2. The van der Waals surface area contributed by atoms with Crippen molar-refractivity contribution < 1.29 is 38.4 Å². The molecule has 0 saturated carbocycles. The van der Waals surface area contributed by atoms with Gasteiger partial charge in [-0.25, -0.2) is 9.59 Å². The molecule has 8 heteroatoms. The number of carbonyl (C=O) groups excluding carboxylic acids is 1. The number of rotatable bonds is 12. The first kappa shape index (κ1) is 18.8. The zero-order valence-electron chi connectivity index (χ0n) is 14.3. The Labute approximate surface area is 150 Å². The van der Waals surface area contributed by atoms with Crippen LogP contribution in [0.4, 0.5) is 0 Å². The van der Waals surface area contributed by atoms with E-state index in [1.54, 1.807) is 6.07 Å². The second kappa shape index (κ2) is 9.09. The lowest BCUT2D eigenvalue weighted by Crippen LogP contribution is -2.16. The molecule has 26 heavy (non-hydrogen) atoms. The molecule has 2 unspecified atom stereocenters. The van der Waals surface area contributed by atoms with Crippen LogP contribution in [0.1, 0.15) is 26.3 Å². The molecule has 0 aromatic heterocycles. The van der Waals surface area contributed by atoms with Crippen LogP contribution >= 0.6 is 0 Å². The first-order valence-corrected chi connectivity index (χ1v) is 8.55. The average Bonchev–Trinajstić information content (AvgIpc) is 3.53. The number of hydrogen-bond acceptors (Lipinski definition) is 7. The van der Waals surface area contributed by atoms with Gasteiger partial charge in [-0.3, -0.25) is 0 Å². The van der Waals surface area contributed by atoms with Crippen molar-refractivity contribution in [2.45, 2.75) is 18.6 Å². The number of aromatic carboxylic acids is 1. The van der Waals surface area contributed by atoms with Crippen LogP contribution < -0.4 is 0 Å². The normalized spacial score (nSPS) is 20.6. The molecule has 1 aromatic carbocycles. The standard InChI is InChI=1S/C18H22O8/c19-17(20)16-7-12(3-4-22-8-13-10-25-13)1-2-15(16)18(21)24-6-5-23-9-14-11-26-14/h1-2,7,13-14H,3-6,8-11H2,(H,19,20). The average molecular weight is 366 g/mol. The maximum Gasteiger partial charge on any atom is 0.339 e. The van der Waals surface area contributed by atoms with E-state index in [2.05, 4.69) is 0 Å². The summed E-state index contributed by atoms with van der Waals surface area (Å²) in [7, 11) is 0. The smallest absolute Gasteiger partial charge is 0.339 e. The number of carboxylic acids is 1. The van der Waals surface area contributed by atoms with Crippen LogP contribution in [0, 0.1) is 0 Å². The molecule has 2 atom stereocenters. The second-order valence-corrected chi connectivity index (χ2v) is 6.13. The van der Waals surface area contributed by atoms with E-state index >= 15 is 0 Å². The molecule has 3 rings (SSSR count). The number of benzene rings is 1. The Morgan fingerprint density at radius 2 is 1.65 bits per heavy atom. The number of ether oxygens (including phenoxy) is 5. The molecular weight excluding hydrogens is 344 g/mol. The number of hydrogen-bond donors (Lipinski definition) is 1. The summed E-state index contributed by atoms with van der Waals surface area (Å²) in [6.07, 6.45) is 0.902. The van der Waals surface area contributed by atoms with Gasteiger partial charge in [-0.05, 0) is 24.1 Å². The SMILES string of the molecule is O=C(O)c1cc(CCOCC2CO2)ccc1C(=O)OCCOCC1CO1. The Bertz CT molecular complexity index is 636. The molecule has 0 spiro atoms. The topological polar surface area (TPSA) is 107 Å². The predicted octanol–water partition coefficient (Wildman–Crippen LogP) is 0.915. The van der Waals surface area contributed by atoms with Crippen molar-refractivity contribution in [3.8, 4) is 0 Å². The van der Waals surface area contributed by atoms with Crippen LogP contribution in [0.2, 0.25) is 0 Å². The van der Waals surface area contributed by atoms with Crippen LogP contribution in [0.5, 0.6) is 0 Å². The zero-order chi connectivity index (χ0) is 18.4. The lowest BCUT2D eigenvalue weighted by Gasteiger charge is -2.10. The fourth-order valence-electron chi connectivity index (χ4n) is 2.32. The Morgan fingerprint density at radius 1 is 1.00 bits per heavy atom. The number of carboxylic acid groups (broad SMARTS) is 1. The third kappa shape index (κ3) is 6.06. The van der Waals surface area contributed by atoms with Crippen molar-refractivity contribution in [3.63, 3.8) is 0 Å². The minimum Gasteiger partial charge on any atom is -0.478 e. The van der Waals surface area contributed by atoms with E-state index in [-0.39, 0.29) is 36.5 Å². The second-order valence-electron chi connectivity index (χ2n) is 6.13. The maximum atomic E-state index is 12.1. The summed E-state index contributed by atoms with van der Waals surface area (Å²) in [4.78, 5) is 23.6. The number of esters is 1. The van der Waals surface area contributed by atoms with Crippen molar-refractivity contribution >= 4 is 11.9 Å². The third-order valence-corrected chi connectivity index (χ3v) is 3.94. The van der Waals surface area contributed by atoms with E-state index in [1.165, 1.54) is 12.1 Å². The quantitative estimate of drug-likeness (QED) is 0.330. The highest BCUT2D eigenvalue weighted by molar-refractivity contribution is 6.02. The van der Waals surface area contributed by atoms with Crippen LogP contribution in [0.15, 0.2) is 18.2 Å². The molecule has 2 aliphatic rings. The van der Waals surface area contributed by atoms with Crippen LogP contribution in [0.3, 0.4) is 0 Å². The van der Waals surface area contributed by atoms with E-state index in [4.69, 9.17) is 23.7 Å². The van der Waals surface area contributed by atoms with E-state index < -0.39 is 11.9 Å². The summed E-state index contributed by atoms with van der Waals surface area (Å²) in [5.41, 5.74) is 0.729. The molecule has 2 heterocycles. The molecule has 2 aliphatic heterocycles. The van der Waals surface area contributed by atoms with Gasteiger partial charge < -0.3 is 28.8 Å². The van der Waals surface area contributed by atoms with Gasteiger partial charge in [0.15, 0.2) is 0 Å². The molecule has 2 saturated heterocycles. The van der Waals surface area contributed by atoms with E-state index in [9.17, 15) is 14.7 Å². The summed E-state index contributed by atoms with van der Waals surface area (Å²) in [5, 5.41) is 9.38. The summed E-state index contributed by atoms with van der Waals surface area (Å²) in [6, 6.07) is 4.67. The highest BCUT2D eigenvalue weighted by atomic mass is 16.6. The van der Waals surface area contributed by atoms with Gasteiger partial charge in [0.2, 0.25) is 0 Å². The van der Waals surface area contributed by atoms with Crippen molar-refractivity contribution in [2.24, 2.45) is 0 Å². The molecular formula is C18H22O8. The lowest BCUT2D eigenvalue weighted by molar-refractivity contribution is 0.0292. The molecule has 0 amide bonds. The van der Waals surface area contributed by atoms with Gasteiger partial charge in [0.1, 0.15) is 18.8 Å². The molecule has 1 aromatic rings. The van der Waals surface area contributed by atoms with Crippen molar-refractivity contribution in [1.29, 1.82) is 0 Å². The highest BCUT2D eigenvalue weighted by Gasteiger charge is 2.23. The molecule has 0 aliphatic carbocycles. The maximum absolute atomic E-state index is 12.1. The van der Waals surface area contributed by atoms with E-state index in [0.29, 0.717) is 32.8 Å². The first-order valence-electron chi connectivity index (χ1n) is 8.55. The highest BCUT2D eigenvalue weighted by Crippen LogP contribution is 2.15. The van der Waals surface area contributed by atoms with Gasteiger partial charge in [0, 0.05) is 0 Å². The molecule has 142 valence electrons. The van der Waals surface area contributed by atoms with Gasteiger partial charge in [-0.1, -0.05) is 6.07 Å². The van der Waals surface area contributed by atoms with Crippen molar-refractivity contribution in [1.82, 2.24) is 0 Å². The molecule has 0 radical (unpaired) electrons. The molecule has 8 nitrogen and oxygen atoms in total. The first-order chi connectivity index (χ1) is 12.6. The van der Waals surface area contributed by atoms with E-state index in [0.717, 1.165) is 12.2 Å². The predicted molar refractivity (Wildman–Crippen MR) is 88.5 cm³/mol. The number of epoxide rings is 2. The van der Waals surface area contributed by atoms with Gasteiger partial charge in [-0.15, -0.1) is 0 Å². The minimum atomic E-state index is -1.17. The minimum absolute atomic E-state index is 0.0269. The van der Waals surface area contributed by atoms with Crippen LogP contribution in [-0.4, -0.2) is 75.5 Å². The van der Waals surface area contributed by atoms with Crippen LogP contribution in [-0.2, 0) is 30.1 Å². The molecule has 1 N–H and O–H groups in total. The summed E-state index contributed by atoms with van der Waals surface area (Å²) in [5.74, 6) is -1.85. The zero-order valence-corrected chi connectivity index (χ0v) is 14.3. The largest absolute Gasteiger partial charge is 0.478 e. The summed E-state index contributed by atoms with van der Waals surface area (Å²) in [6.45, 7) is 3.22.